The Kier molecular flexibility index (Phi) is 4.79. The number of sulfonamides is 1. The summed E-state index contributed by atoms with van der Waals surface area (Å²) < 4.78 is 39.1. The molecule has 0 saturated carbocycles. The summed E-state index contributed by atoms with van der Waals surface area (Å²) in [5.74, 6) is -2.71. The number of hydrogen-bond donors (Lipinski definition) is 3. The van der Waals surface area contributed by atoms with Crippen molar-refractivity contribution in [3.05, 3.63) is 24.0 Å². The number of rotatable bonds is 5. The summed E-state index contributed by atoms with van der Waals surface area (Å²) in [5, 5.41) is 10.8. The number of carbonyl (C=O) groups excluding carboxylic acids is 1. The van der Waals surface area contributed by atoms with Gasteiger partial charge in [0.1, 0.15) is 11.9 Å². The largest absolute Gasteiger partial charge is 0.480 e. The summed E-state index contributed by atoms with van der Waals surface area (Å²) >= 11 is 0. The predicted octanol–water partition coefficient (Wildman–Crippen LogP) is 0.535. The molecule has 1 amide bonds. The highest BCUT2D eigenvalue weighted by Gasteiger charge is 2.22. The zero-order valence-electron chi connectivity index (χ0n) is 10.7. The van der Waals surface area contributed by atoms with Gasteiger partial charge in [0.25, 0.3) is 0 Å². The summed E-state index contributed by atoms with van der Waals surface area (Å²) in [6, 6.07) is 1.41. The van der Waals surface area contributed by atoms with Gasteiger partial charge in [-0.1, -0.05) is 0 Å². The molecule has 0 fully saturated rings. The van der Waals surface area contributed by atoms with Gasteiger partial charge < -0.3 is 10.4 Å². The molecule has 0 aromatic heterocycles. The number of benzene rings is 1. The van der Waals surface area contributed by atoms with Gasteiger partial charge in [0, 0.05) is 6.92 Å². The number of amides is 1. The zero-order valence-corrected chi connectivity index (χ0v) is 11.5. The topological polar surface area (TPSA) is 113 Å². The van der Waals surface area contributed by atoms with Crippen LogP contribution in [0.5, 0.6) is 0 Å². The van der Waals surface area contributed by atoms with Crippen LogP contribution >= 0.6 is 0 Å². The first kappa shape index (κ1) is 16.1. The zero-order chi connectivity index (χ0) is 15.5. The van der Waals surface area contributed by atoms with E-state index in [2.05, 4.69) is 5.32 Å². The van der Waals surface area contributed by atoms with Crippen molar-refractivity contribution in [2.24, 2.45) is 0 Å². The first-order valence-electron chi connectivity index (χ1n) is 5.46. The van der Waals surface area contributed by atoms with Gasteiger partial charge in [0.2, 0.25) is 15.9 Å². The molecule has 0 unspecified atom stereocenters. The Bertz CT molecular complexity index is 644. The molecule has 0 radical (unpaired) electrons. The highest BCUT2D eigenvalue weighted by Crippen LogP contribution is 2.19. The molecule has 0 spiro atoms. The predicted molar refractivity (Wildman–Crippen MR) is 68.1 cm³/mol. The van der Waals surface area contributed by atoms with E-state index in [4.69, 9.17) is 5.11 Å². The van der Waals surface area contributed by atoms with Crippen molar-refractivity contribution in [3.63, 3.8) is 0 Å². The minimum atomic E-state index is -4.13. The van der Waals surface area contributed by atoms with E-state index in [0.29, 0.717) is 0 Å². The molecule has 0 heterocycles. The van der Waals surface area contributed by atoms with Crippen molar-refractivity contribution in [3.8, 4) is 0 Å². The van der Waals surface area contributed by atoms with Crippen molar-refractivity contribution >= 4 is 27.6 Å². The van der Waals surface area contributed by atoms with E-state index in [1.54, 1.807) is 0 Å². The van der Waals surface area contributed by atoms with E-state index in [9.17, 15) is 22.4 Å². The number of hydrogen-bond acceptors (Lipinski definition) is 4. The SMILES string of the molecule is CC(=O)Nc1cc(S(=O)(=O)N[C@H](C)C(=O)O)ccc1F. The molecule has 0 saturated heterocycles. The minimum Gasteiger partial charge on any atom is -0.480 e. The molecule has 0 bridgehead atoms. The van der Waals surface area contributed by atoms with Crippen LogP contribution in [0, 0.1) is 5.82 Å². The maximum atomic E-state index is 13.4. The molecular weight excluding hydrogens is 291 g/mol. The molecule has 0 aliphatic carbocycles. The molecule has 1 atom stereocenters. The third-order valence-corrected chi connectivity index (χ3v) is 3.80. The molecule has 3 N–H and O–H groups in total. The van der Waals surface area contributed by atoms with Crippen LogP contribution in [0.25, 0.3) is 0 Å². The van der Waals surface area contributed by atoms with Crippen LogP contribution < -0.4 is 10.0 Å². The van der Waals surface area contributed by atoms with Crippen molar-refractivity contribution in [2.45, 2.75) is 24.8 Å². The van der Waals surface area contributed by atoms with Gasteiger partial charge in [0.15, 0.2) is 0 Å². The van der Waals surface area contributed by atoms with Crippen LogP contribution in [0.15, 0.2) is 23.1 Å². The fraction of sp³-hybridized carbons (Fsp3) is 0.273. The van der Waals surface area contributed by atoms with E-state index in [-0.39, 0.29) is 10.6 Å². The van der Waals surface area contributed by atoms with Crippen LogP contribution in [-0.4, -0.2) is 31.4 Å². The Morgan fingerprint density at radius 2 is 1.95 bits per heavy atom. The number of anilines is 1. The number of carbonyl (C=O) groups is 2. The summed E-state index contributed by atoms with van der Waals surface area (Å²) in [7, 11) is -4.13. The molecular formula is C11H13FN2O5S. The van der Waals surface area contributed by atoms with Gasteiger partial charge >= 0.3 is 5.97 Å². The standard InChI is InChI=1S/C11H13FN2O5S/c1-6(11(16)17)14-20(18,19)8-3-4-9(12)10(5-8)13-7(2)15/h3-6,14H,1-2H3,(H,13,15)(H,16,17)/t6-/m1/s1. The summed E-state index contributed by atoms with van der Waals surface area (Å²) in [4.78, 5) is 21.2. The van der Waals surface area contributed by atoms with Gasteiger partial charge in [-0.05, 0) is 25.1 Å². The molecule has 1 aromatic carbocycles. The second kappa shape index (κ2) is 5.97. The highest BCUT2D eigenvalue weighted by atomic mass is 32.2. The molecule has 9 heteroatoms. The van der Waals surface area contributed by atoms with E-state index < -0.39 is 33.8 Å². The Hall–Kier alpha value is -2.00. The minimum absolute atomic E-state index is 0.302. The summed E-state index contributed by atoms with van der Waals surface area (Å²) in [6.07, 6.45) is 0. The Balaban J connectivity index is 3.13. The van der Waals surface area contributed by atoms with Crippen molar-refractivity contribution in [2.75, 3.05) is 5.32 Å². The van der Waals surface area contributed by atoms with Crippen LogP contribution in [0.3, 0.4) is 0 Å². The smallest absolute Gasteiger partial charge is 0.321 e. The van der Waals surface area contributed by atoms with Gasteiger partial charge in [-0.3, -0.25) is 9.59 Å². The van der Waals surface area contributed by atoms with Gasteiger partial charge in [-0.15, -0.1) is 0 Å². The van der Waals surface area contributed by atoms with Gasteiger partial charge in [-0.2, -0.15) is 4.72 Å². The van der Waals surface area contributed by atoms with Crippen molar-refractivity contribution in [1.82, 2.24) is 4.72 Å². The summed E-state index contributed by atoms with van der Waals surface area (Å²) in [6.45, 7) is 2.30. The lowest BCUT2D eigenvalue weighted by Crippen LogP contribution is -2.38. The Morgan fingerprint density at radius 3 is 2.45 bits per heavy atom. The van der Waals surface area contributed by atoms with Crippen molar-refractivity contribution < 1.29 is 27.5 Å². The highest BCUT2D eigenvalue weighted by molar-refractivity contribution is 7.89. The van der Waals surface area contributed by atoms with Crippen LogP contribution in [0.2, 0.25) is 0 Å². The van der Waals surface area contributed by atoms with Crippen molar-refractivity contribution in [1.29, 1.82) is 0 Å². The Labute approximate surface area is 114 Å². The quantitative estimate of drug-likeness (QED) is 0.734. The lowest BCUT2D eigenvalue weighted by Gasteiger charge is -2.11. The average molecular weight is 304 g/mol. The van der Waals surface area contributed by atoms with E-state index >= 15 is 0 Å². The molecule has 20 heavy (non-hydrogen) atoms. The monoisotopic (exact) mass is 304 g/mol. The van der Waals surface area contributed by atoms with Gasteiger partial charge in [-0.25, -0.2) is 12.8 Å². The first-order valence-corrected chi connectivity index (χ1v) is 6.94. The maximum Gasteiger partial charge on any atom is 0.321 e. The van der Waals surface area contributed by atoms with Gasteiger partial charge in [0.05, 0.1) is 10.6 Å². The van der Waals surface area contributed by atoms with Crippen LogP contribution in [0.1, 0.15) is 13.8 Å². The molecule has 1 rings (SSSR count). The lowest BCUT2D eigenvalue weighted by molar-refractivity contribution is -0.138. The van der Waals surface area contributed by atoms with E-state index in [1.165, 1.54) is 0 Å². The molecule has 0 aliphatic heterocycles. The number of nitrogens with one attached hydrogen (secondary N) is 2. The van der Waals surface area contributed by atoms with E-state index in [0.717, 1.165) is 32.0 Å². The van der Waals surface area contributed by atoms with Crippen LogP contribution in [0.4, 0.5) is 10.1 Å². The number of aliphatic carboxylic acids is 1. The van der Waals surface area contributed by atoms with Crippen LogP contribution in [-0.2, 0) is 19.6 Å². The van der Waals surface area contributed by atoms with E-state index in [1.807, 2.05) is 4.72 Å². The summed E-state index contributed by atoms with van der Waals surface area (Å²) in [5.41, 5.74) is -0.302. The second-order valence-corrected chi connectivity index (χ2v) is 5.72. The maximum absolute atomic E-state index is 13.4. The third-order valence-electron chi connectivity index (χ3n) is 2.26. The molecule has 1 aromatic rings. The third kappa shape index (κ3) is 4.00. The second-order valence-electron chi connectivity index (χ2n) is 4.00. The molecule has 110 valence electrons. The molecule has 0 aliphatic rings. The Morgan fingerprint density at radius 1 is 1.35 bits per heavy atom. The number of carboxylic acids is 1. The first-order chi connectivity index (χ1) is 9.13. The number of halogens is 1. The average Bonchev–Trinajstić information content (AvgIpc) is 2.30. The normalized spacial score (nSPS) is 12.8. The molecule has 7 nitrogen and oxygen atoms in total. The number of carboxylic acid groups (broad SMARTS) is 1. The lowest BCUT2D eigenvalue weighted by atomic mass is 10.3. The fourth-order valence-corrected chi connectivity index (χ4v) is 2.53. The fourth-order valence-electron chi connectivity index (χ4n) is 1.31.